The van der Waals surface area contributed by atoms with Crippen molar-refractivity contribution in [1.82, 2.24) is 5.32 Å². The highest BCUT2D eigenvalue weighted by molar-refractivity contribution is 6.04. The molecule has 2 aromatic carbocycles. The van der Waals surface area contributed by atoms with Crippen LogP contribution in [0.5, 0.6) is 0 Å². The minimum absolute atomic E-state index is 0.0900. The second-order valence-electron chi connectivity index (χ2n) is 7.96. The van der Waals surface area contributed by atoms with Crippen LogP contribution < -0.4 is 10.9 Å². The molecular formula is C26H27NO5. The van der Waals surface area contributed by atoms with Gasteiger partial charge in [-0.2, -0.15) is 0 Å². The second kappa shape index (κ2) is 9.40. The van der Waals surface area contributed by atoms with Crippen LogP contribution in [0.25, 0.3) is 33.1 Å². The molecule has 2 heterocycles. The lowest BCUT2D eigenvalue weighted by Crippen LogP contribution is -2.26. The Morgan fingerprint density at radius 1 is 1.06 bits per heavy atom. The molecule has 0 bridgehead atoms. The maximum absolute atomic E-state index is 12.7. The summed E-state index contributed by atoms with van der Waals surface area (Å²) in [6.07, 6.45) is 3.05. The Morgan fingerprint density at radius 2 is 1.84 bits per heavy atom. The van der Waals surface area contributed by atoms with Gasteiger partial charge in [0.2, 0.25) is 5.91 Å². The molecule has 0 unspecified atom stereocenters. The first-order valence-electron chi connectivity index (χ1n) is 10.8. The SMILES string of the molecule is COCCCNC(=O)CCc1c(C)c2cc3c(-c4ccccc4)coc3c(C)c2oc1=O. The maximum atomic E-state index is 12.7. The Balaban J connectivity index is 1.69. The fourth-order valence-corrected chi connectivity index (χ4v) is 4.10. The first-order chi connectivity index (χ1) is 15.5. The number of hydrogen-bond acceptors (Lipinski definition) is 5. The molecule has 4 aromatic rings. The number of methoxy groups -OCH3 is 1. The number of nitrogens with one attached hydrogen (secondary N) is 1. The maximum Gasteiger partial charge on any atom is 0.339 e. The van der Waals surface area contributed by atoms with Crippen LogP contribution in [-0.4, -0.2) is 26.2 Å². The van der Waals surface area contributed by atoms with Crippen molar-refractivity contribution < 1.29 is 18.4 Å². The smallest absolute Gasteiger partial charge is 0.339 e. The second-order valence-corrected chi connectivity index (χ2v) is 7.96. The number of carbonyl (C=O) groups excluding carboxylic acids is 1. The highest BCUT2D eigenvalue weighted by Gasteiger charge is 2.19. The van der Waals surface area contributed by atoms with Gasteiger partial charge in [-0.25, -0.2) is 4.79 Å². The Labute approximate surface area is 186 Å². The van der Waals surface area contributed by atoms with Crippen molar-refractivity contribution in [3.8, 4) is 11.1 Å². The molecular weight excluding hydrogens is 406 g/mol. The van der Waals surface area contributed by atoms with E-state index in [2.05, 4.69) is 5.32 Å². The quantitative estimate of drug-likeness (QED) is 0.315. The molecule has 6 heteroatoms. The van der Waals surface area contributed by atoms with E-state index in [4.69, 9.17) is 13.6 Å². The van der Waals surface area contributed by atoms with E-state index in [1.807, 2.05) is 50.2 Å². The summed E-state index contributed by atoms with van der Waals surface area (Å²) in [5.74, 6) is -0.0900. The van der Waals surface area contributed by atoms with Crippen molar-refractivity contribution in [3.05, 3.63) is 69.8 Å². The fourth-order valence-electron chi connectivity index (χ4n) is 4.10. The van der Waals surface area contributed by atoms with Crippen LogP contribution in [0.4, 0.5) is 0 Å². The summed E-state index contributed by atoms with van der Waals surface area (Å²) >= 11 is 0. The van der Waals surface area contributed by atoms with Gasteiger partial charge in [0.15, 0.2) is 0 Å². The number of hydrogen-bond donors (Lipinski definition) is 1. The molecule has 0 fully saturated rings. The van der Waals surface area contributed by atoms with Gasteiger partial charge < -0.3 is 18.9 Å². The summed E-state index contributed by atoms with van der Waals surface area (Å²) in [5, 5.41) is 4.69. The van der Waals surface area contributed by atoms with Gasteiger partial charge >= 0.3 is 5.63 Å². The van der Waals surface area contributed by atoms with E-state index in [1.54, 1.807) is 13.4 Å². The Bertz CT molecular complexity index is 1320. The number of aryl methyl sites for hydroxylation is 2. The Kier molecular flexibility index (Phi) is 6.42. The number of fused-ring (bicyclic) bond motifs is 2. The summed E-state index contributed by atoms with van der Waals surface area (Å²) < 4.78 is 16.6. The summed E-state index contributed by atoms with van der Waals surface area (Å²) in [6, 6.07) is 12.1. The fraction of sp³-hybridized carbons (Fsp3) is 0.308. The average molecular weight is 434 g/mol. The molecule has 166 valence electrons. The lowest BCUT2D eigenvalue weighted by atomic mass is 9.97. The van der Waals surface area contributed by atoms with E-state index in [0.717, 1.165) is 39.4 Å². The van der Waals surface area contributed by atoms with E-state index in [1.165, 1.54) is 0 Å². The molecule has 2 aromatic heterocycles. The van der Waals surface area contributed by atoms with Crippen LogP contribution in [0.2, 0.25) is 0 Å². The van der Waals surface area contributed by atoms with E-state index >= 15 is 0 Å². The van der Waals surface area contributed by atoms with E-state index < -0.39 is 5.63 Å². The standard InChI is InChI=1S/C26H27NO5/c1-16-19(10-11-23(28)27-12-7-13-30-3)26(29)32-25-17(2)24-21(14-20(16)25)22(15-31-24)18-8-5-4-6-9-18/h4-6,8-9,14-15H,7,10-13H2,1-3H3,(H,27,28). The number of ether oxygens (including phenoxy) is 1. The van der Waals surface area contributed by atoms with Crippen molar-refractivity contribution in [3.63, 3.8) is 0 Å². The first-order valence-corrected chi connectivity index (χ1v) is 10.8. The normalized spacial score (nSPS) is 11.3. The van der Waals surface area contributed by atoms with Gasteiger partial charge in [-0.3, -0.25) is 4.79 Å². The topological polar surface area (TPSA) is 81.7 Å². The summed E-state index contributed by atoms with van der Waals surface area (Å²) in [4.78, 5) is 24.9. The van der Waals surface area contributed by atoms with Gasteiger partial charge in [0.05, 0.1) is 6.26 Å². The highest BCUT2D eigenvalue weighted by atomic mass is 16.5. The number of carbonyl (C=O) groups is 1. The molecule has 6 nitrogen and oxygen atoms in total. The third-order valence-corrected chi connectivity index (χ3v) is 5.88. The summed E-state index contributed by atoms with van der Waals surface area (Å²) in [5.41, 5.74) is 5.06. The molecule has 4 rings (SSSR count). The van der Waals surface area contributed by atoms with Gasteiger partial charge in [-0.1, -0.05) is 30.3 Å². The largest absolute Gasteiger partial charge is 0.463 e. The molecule has 1 amide bonds. The first kappa shape index (κ1) is 21.8. The zero-order valence-corrected chi connectivity index (χ0v) is 18.6. The predicted molar refractivity (Wildman–Crippen MR) is 125 cm³/mol. The van der Waals surface area contributed by atoms with Crippen LogP contribution in [0, 0.1) is 13.8 Å². The lowest BCUT2D eigenvalue weighted by molar-refractivity contribution is -0.121. The van der Waals surface area contributed by atoms with E-state index in [-0.39, 0.29) is 12.3 Å². The number of rotatable bonds is 8. The summed E-state index contributed by atoms with van der Waals surface area (Å²) in [6.45, 7) is 4.97. The molecule has 0 aliphatic rings. The average Bonchev–Trinajstić information content (AvgIpc) is 3.22. The van der Waals surface area contributed by atoms with Crippen LogP contribution in [0.3, 0.4) is 0 Å². The molecule has 0 aliphatic heterocycles. The number of amides is 1. The third-order valence-electron chi connectivity index (χ3n) is 5.88. The van der Waals surface area contributed by atoms with E-state index in [0.29, 0.717) is 36.3 Å². The van der Waals surface area contributed by atoms with Gasteiger partial charge in [0.1, 0.15) is 11.2 Å². The summed E-state index contributed by atoms with van der Waals surface area (Å²) in [7, 11) is 1.63. The van der Waals surface area contributed by atoms with Crippen LogP contribution in [-0.2, 0) is 16.0 Å². The minimum atomic E-state index is -0.403. The minimum Gasteiger partial charge on any atom is -0.463 e. The van der Waals surface area contributed by atoms with Crippen LogP contribution in [0.1, 0.15) is 29.5 Å². The number of furan rings is 1. The Hall–Kier alpha value is -3.38. The highest BCUT2D eigenvalue weighted by Crippen LogP contribution is 2.37. The molecule has 1 N–H and O–H groups in total. The van der Waals surface area contributed by atoms with Crippen molar-refractivity contribution in [2.45, 2.75) is 33.1 Å². The van der Waals surface area contributed by atoms with Crippen LogP contribution >= 0.6 is 0 Å². The molecule has 0 atom stereocenters. The molecule has 0 saturated carbocycles. The molecule has 32 heavy (non-hydrogen) atoms. The monoisotopic (exact) mass is 433 g/mol. The molecule has 0 spiro atoms. The zero-order chi connectivity index (χ0) is 22.7. The van der Waals surface area contributed by atoms with Crippen molar-refractivity contribution in [2.75, 3.05) is 20.3 Å². The van der Waals surface area contributed by atoms with Crippen LogP contribution in [0.15, 0.2) is 56.3 Å². The van der Waals surface area contributed by atoms with Crippen molar-refractivity contribution in [1.29, 1.82) is 0 Å². The van der Waals surface area contributed by atoms with Gasteiger partial charge in [0, 0.05) is 54.1 Å². The molecule has 0 saturated heterocycles. The van der Waals surface area contributed by atoms with E-state index in [9.17, 15) is 9.59 Å². The molecule has 0 aliphatic carbocycles. The number of benzene rings is 2. The van der Waals surface area contributed by atoms with Crippen molar-refractivity contribution in [2.24, 2.45) is 0 Å². The Morgan fingerprint density at radius 3 is 2.59 bits per heavy atom. The third kappa shape index (κ3) is 4.18. The lowest BCUT2D eigenvalue weighted by Gasteiger charge is -2.10. The van der Waals surface area contributed by atoms with Gasteiger partial charge in [-0.15, -0.1) is 0 Å². The van der Waals surface area contributed by atoms with Gasteiger partial charge in [-0.05, 0) is 43.9 Å². The molecule has 0 radical (unpaired) electrons. The predicted octanol–water partition coefficient (Wildman–Crippen LogP) is 4.91. The zero-order valence-electron chi connectivity index (χ0n) is 18.6. The van der Waals surface area contributed by atoms with Crippen molar-refractivity contribution >= 4 is 27.8 Å². The van der Waals surface area contributed by atoms with Gasteiger partial charge in [0.25, 0.3) is 0 Å².